The molecular weight excluding hydrogens is 182 g/mol. The van der Waals surface area contributed by atoms with Crippen LogP contribution in [0, 0.1) is 0 Å². The van der Waals surface area contributed by atoms with Crippen LogP contribution < -0.4 is 5.73 Å². The van der Waals surface area contributed by atoms with Gasteiger partial charge in [-0.05, 0) is 35.8 Å². The van der Waals surface area contributed by atoms with Gasteiger partial charge in [0.15, 0.2) is 0 Å². The van der Waals surface area contributed by atoms with Gasteiger partial charge in [-0.25, -0.2) is 0 Å². The van der Waals surface area contributed by atoms with E-state index in [1.54, 1.807) is 0 Å². The molecule has 1 heteroatoms. The molecule has 1 nitrogen and oxygen atoms in total. The number of nitrogens with two attached hydrogens (primary N) is 1. The molecule has 0 heterocycles. The topological polar surface area (TPSA) is 26.0 Å². The molecule has 1 aromatic carbocycles. The Morgan fingerprint density at radius 2 is 1.93 bits per heavy atom. The Morgan fingerprint density at radius 3 is 2.47 bits per heavy atom. The van der Waals surface area contributed by atoms with Crippen LogP contribution in [-0.4, -0.2) is 5.54 Å². The lowest BCUT2D eigenvalue weighted by molar-refractivity contribution is 0.587. The predicted molar refractivity (Wildman–Crippen MR) is 65.0 cm³/mol. The van der Waals surface area contributed by atoms with E-state index < -0.39 is 0 Å². The highest BCUT2D eigenvalue weighted by atomic mass is 14.8. The largest absolute Gasteiger partial charge is 0.325 e. The van der Waals surface area contributed by atoms with E-state index in [9.17, 15) is 0 Å². The van der Waals surface area contributed by atoms with Gasteiger partial charge in [0.1, 0.15) is 0 Å². The third-order valence-electron chi connectivity index (χ3n) is 3.24. The first-order valence-electron chi connectivity index (χ1n) is 5.77. The molecule has 1 saturated carbocycles. The second-order valence-electron chi connectivity index (χ2n) is 5.99. The second-order valence-corrected chi connectivity index (χ2v) is 5.99. The molecule has 0 radical (unpaired) electrons. The van der Waals surface area contributed by atoms with Crippen molar-refractivity contribution in [2.45, 2.75) is 51.0 Å². The summed E-state index contributed by atoms with van der Waals surface area (Å²) < 4.78 is 0. The molecule has 0 aromatic heterocycles. The summed E-state index contributed by atoms with van der Waals surface area (Å²) in [6.07, 6.45) is 3.41. The van der Waals surface area contributed by atoms with Crippen molar-refractivity contribution in [1.29, 1.82) is 0 Å². The highest BCUT2D eigenvalue weighted by Gasteiger charge is 2.37. The van der Waals surface area contributed by atoms with Gasteiger partial charge in [0.2, 0.25) is 0 Å². The number of hydrogen-bond donors (Lipinski definition) is 1. The average Bonchev–Trinajstić information content (AvgIpc) is 2.82. The summed E-state index contributed by atoms with van der Waals surface area (Å²) in [4.78, 5) is 0. The Morgan fingerprint density at radius 1 is 1.27 bits per heavy atom. The molecule has 0 aliphatic heterocycles. The van der Waals surface area contributed by atoms with Crippen LogP contribution in [0.15, 0.2) is 24.3 Å². The summed E-state index contributed by atoms with van der Waals surface area (Å²) in [5.74, 6) is 0. The first-order chi connectivity index (χ1) is 6.89. The molecule has 2 N–H and O–H groups in total. The van der Waals surface area contributed by atoms with Crippen molar-refractivity contribution in [2.24, 2.45) is 5.73 Å². The molecule has 15 heavy (non-hydrogen) atoms. The zero-order chi connectivity index (χ0) is 11.1. The lowest BCUT2D eigenvalue weighted by Crippen LogP contribution is -2.24. The maximum absolute atomic E-state index is 6.14. The molecule has 0 bridgehead atoms. The van der Waals surface area contributed by atoms with Crippen molar-refractivity contribution in [3.8, 4) is 0 Å². The summed E-state index contributed by atoms with van der Waals surface area (Å²) in [6, 6.07) is 8.87. The highest BCUT2D eigenvalue weighted by Crippen LogP contribution is 2.36. The maximum Gasteiger partial charge on any atom is 0.0196 e. The number of rotatable bonds is 2. The van der Waals surface area contributed by atoms with Crippen LogP contribution in [0.1, 0.15) is 44.7 Å². The molecule has 1 fully saturated rings. The van der Waals surface area contributed by atoms with E-state index in [0.29, 0.717) is 0 Å². The standard InChI is InChI=1S/C14H21N/c1-13(2,3)12-6-4-5-11(9-12)10-14(15)7-8-14/h4-6,9H,7-8,10,15H2,1-3H3. The smallest absolute Gasteiger partial charge is 0.0196 e. The fourth-order valence-electron chi connectivity index (χ4n) is 1.89. The Bertz CT molecular complexity index is 356. The van der Waals surface area contributed by atoms with Gasteiger partial charge in [0.05, 0.1) is 0 Å². The van der Waals surface area contributed by atoms with Crippen molar-refractivity contribution < 1.29 is 0 Å². The van der Waals surface area contributed by atoms with Crippen LogP contribution >= 0.6 is 0 Å². The molecule has 0 amide bonds. The summed E-state index contributed by atoms with van der Waals surface area (Å²) in [5.41, 5.74) is 9.29. The normalized spacial score (nSPS) is 18.9. The van der Waals surface area contributed by atoms with Gasteiger partial charge in [0.25, 0.3) is 0 Å². The molecule has 0 spiro atoms. The molecule has 0 atom stereocenters. The van der Waals surface area contributed by atoms with E-state index >= 15 is 0 Å². The lowest BCUT2D eigenvalue weighted by atomic mass is 9.85. The summed E-state index contributed by atoms with van der Waals surface area (Å²) >= 11 is 0. The van der Waals surface area contributed by atoms with Gasteiger partial charge >= 0.3 is 0 Å². The third-order valence-corrected chi connectivity index (χ3v) is 3.24. The van der Waals surface area contributed by atoms with Gasteiger partial charge in [-0.1, -0.05) is 45.0 Å². The quantitative estimate of drug-likeness (QED) is 0.785. The number of hydrogen-bond acceptors (Lipinski definition) is 1. The van der Waals surface area contributed by atoms with Gasteiger partial charge in [-0.2, -0.15) is 0 Å². The van der Waals surface area contributed by atoms with E-state index in [1.807, 2.05) is 0 Å². The summed E-state index contributed by atoms with van der Waals surface area (Å²) in [7, 11) is 0. The molecule has 1 aliphatic carbocycles. The number of benzene rings is 1. The molecule has 2 rings (SSSR count). The van der Waals surface area contributed by atoms with Gasteiger partial charge < -0.3 is 5.73 Å². The van der Waals surface area contributed by atoms with Crippen molar-refractivity contribution in [2.75, 3.05) is 0 Å². The molecule has 82 valence electrons. The van der Waals surface area contributed by atoms with Gasteiger partial charge in [-0.15, -0.1) is 0 Å². The van der Waals surface area contributed by atoms with E-state index in [2.05, 4.69) is 45.0 Å². The highest BCUT2D eigenvalue weighted by molar-refractivity contribution is 5.30. The van der Waals surface area contributed by atoms with E-state index in [-0.39, 0.29) is 11.0 Å². The first kappa shape index (κ1) is 10.7. The SMILES string of the molecule is CC(C)(C)c1cccc(CC2(N)CC2)c1. The van der Waals surface area contributed by atoms with E-state index in [4.69, 9.17) is 5.73 Å². The zero-order valence-corrected chi connectivity index (χ0v) is 10.0. The van der Waals surface area contributed by atoms with Crippen molar-refractivity contribution >= 4 is 0 Å². The molecule has 1 aliphatic rings. The Kier molecular flexibility index (Phi) is 2.38. The predicted octanol–water partition coefficient (Wildman–Crippen LogP) is 3.02. The first-order valence-corrected chi connectivity index (χ1v) is 5.77. The monoisotopic (exact) mass is 203 g/mol. The minimum atomic E-state index is 0.122. The molecule has 0 saturated heterocycles. The second kappa shape index (κ2) is 3.34. The minimum Gasteiger partial charge on any atom is -0.325 e. The van der Waals surface area contributed by atoms with Crippen LogP contribution in [0.5, 0.6) is 0 Å². The Labute approximate surface area is 92.7 Å². The fraction of sp³-hybridized carbons (Fsp3) is 0.571. The lowest BCUT2D eigenvalue weighted by Gasteiger charge is -2.20. The average molecular weight is 203 g/mol. The minimum absolute atomic E-state index is 0.122. The van der Waals surface area contributed by atoms with Crippen LogP contribution in [0.25, 0.3) is 0 Å². The summed E-state index contributed by atoms with van der Waals surface area (Å²) in [5, 5.41) is 0. The van der Waals surface area contributed by atoms with E-state index in [0.717, 1.165) is 6.42 Å². The van der Waals surface area contributed by atoms with Crippen molar-refractivity contribution in [3.05, 3.63) is 35.4 Å². The van der Waals surface area contributed by atoms with Crippen LogP contribution in [-0.2, 0) is 11.8 Å². The molecule has 0 unspecified atom stereocenters. The third kappa shape index (κ3) is 2.60. The van der Waals surface area contributed by atoms with Gasteiger partial charge in [-0.3, -0.25) is 0 Å². The van der Waals surface area contributed by atoms with Crippen LogP contribution in [0.2, 0.25) is 0 Å². The van der Waals surface area contributed by atoms with Crippen molar-refractivity contribution in [3.63, 3.8) is 0 Å². The Balaban J connectivity index is 2.19. The van der Waals surface area contributed by atoms with Crippen LogP contribution in [0.3, 0.4) is 0 Å². The van der Waals surface area contributed by atoms with E-state index in [1.165, 1.54) is 24.0 Å². The van der Waals surface area contributed by atoms with Crippen molar-refractivity contribution in [1.82, 2.24) is 0 Å². The Hall–Kier alpha value is -0.820. The summed E-state index contributed by atoms with van der Waals surface area (Å²) in [6.45, 7) is 6.75. The molecular formula is C14H21N. The molecule has 1 aromatic rings. The maximum atomic E-state index is 6.14. The zero-order valence-electron chi connectivity index (χ0n) is 10.0. The van der Waals surface area contributed by atoms with Gasteiger partial charge in [0, 0.05) is 5.54 Å². The van der Waals surface area contributed by atoms with Crippen LogP contribution in [0.4, 0.5) is 0 Å². The fourth-order valence-corrected chi connectivity index (χ4v) is 1.89.